The molecule has 0 spiro atoms. The van der Waals surface area contributed by atoms with Gasteiger partial charge >= 0.3 is 17.9 Å². The highest BCUT2D eigenvalue weighted by molar-refractivity contribution is 5.71. The van der Waals surface area contributed by atoms with Crippen LogP contribution in [0, 0.1) is 0 Å². The molecule has 436 valence electrons. The van der Waals surface area contributed by atoms with Crippen molar-refractivity contribution in [1.29, 1.82) is 0 Å². The Morgan fingerprint density at radius 1 is 0.270 bits per heavy atom. The van der Waals surface area contributed by atoms with E-state index in [9.17, 15) is 14.4 Å². The Balaban J connectivity index is 3.94. The van der Waals surface area contributed by atoms with E-state index < -0.39 is 6.10 Å². The predicted molar refractivity (Wildman–Crippen MR) is 321 cm³/mol. The minimum absolute atomic E-state index is 0.0640. The number of hydrogen-bond acceptors (Lipinski definition) is 6. The molecule has 74 heavy (non-hydrogen) atoms. The zero-order valence-electron chi connectivity index (χ0n) is 50.1. The van der Waals surface area contributed by atoms with E-state index in [1.165, 1.54) is 270 Å². The fourth-order valence-corrected chi connectivity index (χ4v) is 10.2. The summed E-state index contributed by atoms with van der Waals surface area (Å²) >= 11 is 0. The van der Waals surface area contributed by atoms with Gasteiger partial charge in [0.2, 0.25) is 0 Å². The van der Waals surface area contributed by atoms with Crippen LogP contribution in [-0.4, -0.2) is 37.2 Å². The third kappa shape index (κ3) is 60.8. The monoisotopic (exact) mass is 1040 g/mol. The first kappa shape index (κ1) is 71.9. The summed E-state index contributed by atoms with van der Waals surface area (Å²) in [5.74, 6) is -0.844. The number of hydrogen-bond donors (Lipinski definition) is 0. The Bertz CT molecular complexity index is 1190. The molecule has 0 saturated heterocycles. The second-order valence-corrected chi connectivity index (χ2v) is 22.7. The fraction of sp³-hybridized carbons (Fsp3) is 0.897. The number of unbranched alkanes of at least 4 members (excludes halogenated alkanes) is 47. The maximum absolute atomic E-state index is 12.8. The van der Waals surface area contributed by atoms with Crippen molar-refractivity contribution in [3.63, 3.8) is 0 Å². The Kier molecular flexibility index (Phi) is 61.6. The summed E-state index contributed by atoms with van der Waals surface area (Å²) < 4.78 is 16.8. The van der Waals surface area contributed by atoms with Crippen molar-refractivity contribution >= 4 is 17.9 Å². The zero-order chi connectivity index (χ0) is 53.6. The lowest BCUT2D eigenvalue weighted by Crippen LogP contribution is -2.30. The molecule has 0 amide bonds. The van der Waals surface area contributed by atoms with Crippen LogP contribution in [0.25, 0.3) is 0 Å². The van der Waals surface area contributed by atoms with Gasteiger partial charge in [-0.25, -0.2) is 0 Å². The summed E-state index contributed by atoms with van der Waals surface area (Å²) in [5, 5.41) is 0. The third-order valence-electron chi connectivity index (χ3n) is 15.2. The maximum atomic E-state index is 12.8. The molecule has 0 aromatic carbocycles. The number of esters is 3. The Morgan fingerprint density at radius 3 is 0.743 bits per heavy atom. The maximum Gasteiger partial charge on any atom is 0.306 e. The van der Waals surface area contributed by atoms with Gasteiger partial charge in [-0.2, -0.15) is 0 Å². The van der Waals surface area contributed by atoms with Crippen LogP contribution in [-0.2, 0) is 28.6 Å². The van der Waals surface area contributed by atoms with Crippen molar-refractivity contribution < 1.29 is 28.6 Å². The molecular formula is C68H128O6. The number of rotatable bonds is 62. The summed E-state index contributed by atoms with van der Waals surface area (Å²) in [7, 11) is 0. The van der Waals surface area contributed by atoms with Crippen LogP contribution in [0.3, 0.4) is 0 Å². The molecule has 0 aromatic heterocycles. The SMILES string of the molecule is CCCCCCC/C=C\C/C=C\CCCCCCCCCCCCCCCCCCCCCCCC(=O)OCC(COC(=O)CCCCCCCCC)OC(=O)CCCCCCCCCCCCCCCCCC. The Morgan fingerprint density at radius 2 is 0.486 bits per heavy atom. The molecule has 6 nitrogen and oxygen atoms in total. The average Bonchev–Trinajstić information content (AvgIpc) is 3.40. The Hall–Kier alpha value is -2.11. The molecule has 0 N–H and O–H groups in total. The minimum Gasteiger partial charge on any atom is -0.462 e. The van der Waals surface area contributed by atoms with Gasteiger partial charge in [-0.05, 0) is 51.4 Å². The molecule has 0 rings (SSSR count). The Labute approximate surface area is 462 Å². The van der Waals surface area contributed by atoms with Crippen LogP contribution >= 0.6 is 0 Å². The lowest BCUT2D eigenvalue weighted by molar-refractivity contribution is -0.167. The summed E-state index contributed by atoms with van der Waals surface area (Å²) in [6.45, 7) is 6.65. The van der Waals surface area contributed by atoms with E-state index >= 15 is 0 Å². The first-order valence-electron chi connectivity index (χ1n) is 33.3. The number of carbonyl (C=O) groups is 3. The van der Waals surface area contributed by atoms with E-state index in [0.29, 0.717) is 19.3 Å². The number of carbonyl (C=O) groups excluding carboxylic acids is 3. The van der Waals surface area contributed by atoms with Crippen LogP contribution in [0.2, 0.25) is 0 Å². The highest BCUT2D eigenvalue weighted by Crippen LogP contribution is 2.18. The molecule has 0 aliphatic carbocycles. The standard InChI is InChI=1S/C68H128O6/c1-4-7-10-13-16-18-20-22-24-26-27-28-29-30-31-32-33-34-35-36-37-38-39-40-41-42-44-45-47-49-52-55-58-61-67(70)73-64-65(63-72-66(69)60-57-54-51-15-12-9-6-3)74-68(71)62-59-56-53-50-48-46-43-25-23-21-19-17-14-11-8-5-2/h20,22,26-27,65H,4-19,21,23-25,28-64H2,1-3H3/b22-20-,27-26-. The zero-order valence-corrected chi connectivity index (χ0v) is 50.1. The van der Waals surface area contributed by atoms with Gasteiger partial charge in [0.15, 0.2) is 6.10 Å². The third-order valence-corrected chi connectivity index (χ3v) is 15.2. The molecule has 1 unspecified atom stereocenters. The van der Waals surface area contributed by atoms with E-state index in [4.69, 9.17) is 14.2 Å². The van der Waals surface area contributed by atoms with Crippen LogP contribution in [0.15, 0.2) is 24.3 Å². The van der Waals surface area contributed by atoms with Gasteiger partial charge in [0.05, 0.1) is 0 Å². The van der Waals surface area contributed by atoms with Crippen molar-refractivity contribution in [2.45, 2.75) is 380 Å². The lowest BCUT2D eigenvalue weighted by atomic mass is 10.0. The lowest BCUT2D eigenvalue weighted by Gasteiger charge is -2.18. The molecule has 0 aliphatic heterocycles. The number of ether oxygens (including phenoxy) is 3. The second kappa shape index (κ2) is 63.4. The van der Waals surface area contributed by atoms with Crippen LogP contribution in [0.5, 0.6) is 0 Å². The van der Waals surface area contributed by atoms with Crippen molar-refractivity contribution in [2.75, 3.05) is 13.2 Å². The van der Waals surface area contributed by atoms with Gasteiger partial charge in [-0.3, -0.25) is 14.4 Å². The van der Waals surface area contributed by atoms with Gasteiger partial charge in [0.25, 0.3) is 0 Å². The highest BCUT2D eigenvalue weighted by atomic mass is 16.6. The van der Waals surface area contributed by atoms with Crippen molar-refractivity contribution in [1.82, 2.24) is 0 Å². The summed E-state index contributed by atoms with van der Waals surface area (Å²) in [5.41, 5.74) is 0. The van der Waals surface area contributed by atoms with Gasteiger partial charge in [-0.15, -0.1) is 0 Å². The second-order valence-electron chi connectivity index (χ2n) is 22.7. The summed E-state index contributed by atoms with van der Waals surface area (Å²) in [6.07, 6.45) is 76.6. The molecule has 6 heteroatoms. The van der Waals surface area contributed by atoms with E-state index in [2.05, 4.69) is 45.1 Å². The first-order chi connectivity index (χ1) is 36.5. The van der Waals surface area contributed by atoms with Crippen LogP contribution in [0.4, 0.5) is 0 Å². The summed E-state index contributed by atoms with van der Waals surface area (Å²) in [4.78, 5) is 38.0. The topological polar surface area (TPSA) is 78.9 Å². The molecule has 0 fully saturated rings. The largest absolute Gasteiger partial charge is 0.462 e. The van der Waals surface area contributed by atoms with Crippen LogP contribution in [0.1, 0.15) is 374 Å². The predicted octanol–water partition coefficient (Wildman–Crippen LogP) is 22.6. The molecule has 0 saturated carbocycles. The van der Waals surface area contributed by atoms with Crippen LogP contribution < -0.4 is 0 Å². The molecule has 0 radical (unpaired) electrons. The fourth-order valence-electron chi connectivity index (χ4n) is 10.2. The smallest absolute Gasteiger partial charge is 0.306 e. The van der Waals surface area contributed by atoms with Crippen molar-refractivity contribution in [3.05, 3.63) is 24.3 Å². The summed E-state index contributed by atoms with van der Waals surface area (Å²) in [6, 6.07) is 0. The van der Waals surface area contributed by atoms with Crippen molar-refractivity contribution in [2.24, 2.45) is 0 Å². The van der Waals surface area contributed by atoms with E-state index in [-0.39, 0.29) is 31.1 Å². The van der Waals surface area contributed by atoms with Gasteiger partial charge in [-0.1, -0.05) is 328 Å². The first-order valence-corrected chi connectivity index (χ1v) is 33.3. The highest BCUT2D eigenvalue weighted by Gasteiger charge is 2.19. The molecule has 0 aliphatic rings. The average molecular weight is 1040 g/mol. The molecule has 0 bridgehead atoms. The van der Waals surface area contributed by atoms with Crippen molar-refractivity contribution in [3.8, 4) is 0 Å². The van der Waals surface area contributed by atoms with E-state index in [0.717, 1.165) is 64.2 Å². The molecule has 0 aromatic rings. The molecular weight excluding hydrogens is 913 g/mol. The van der Waals surface area contributed by atoms with E-state index in [1.807, 2.05) is 0 Å². The number of allylic oxidation sites excluding steroid dienone is 4. The van der Waals surface area contributed by atoms with E-state index in [1.54, 1.807) is 0 Å². The van der Waals surface area contributed by atoms with Gasteiger partial charge in [0, 0.05) is 19.3 Å². The quantitative estimate of drug-likeness (QED) is 0.0261. The molecule has 1 atom stereocenters. The van der Waals surface area contributed by atoms with Gasteiger partial charge < -0.3 is 14.2 Å². The normalized spacial score (nSPS) is 12.1. The van der Waals surface area contributed by atoms with Gasteiger partial charge in [0.1, 0.15) is 13.2 Å². The minimum atomic E-state index is -0.763. The molecule has 0 heterocycles.